The standard InChI is InChI=1S/C22H30N4O5/c1-2-3-6-23-20(27)14-24-7-9-25(10-8-24)22(29)16-11-21(28)26(13-16)17-4-5-18-19(12-17)31-15-30-18/h4-5,12,16H,2-3,6-11,13-15H2,1H3,(H,23,27). The highest BCUT2D eigenvalue weighted by atomic mass is 16.7. The van der Waals surface area contributed by atoms with Crippen molar-refractivity contribution in [3.8, 4) is 11.5 Å². The zero-order chi connectivity index (χ0) is 21.8. The molecule has 3 amide bonds. The van der Waals surface area contributed by atoms with Crippen molar-refractivity contribution in [1.29, 1.82) is 0 Å². The Kier molecular flexibility index (Phi) is 6.60. The van der Waals surface area contributed by atoms with Crippen LogP contribution in [0.4, 0.5) is 5.69 Å². The molecule has 1 aromatic rings. The fourth-order valence-electron chi connectivity index (χ4n) is 4.22. The van der Waals surface area contributed by atoms with Gasteiger partial charge >= 0.3 is 0 Å². The van der Waals surface area contributed by atoms with Gasteiger partial charge in [-0.05, 0) is 18.6 Å². The first kappa shape index (κ1) is 21.4. The van der Waals surface area contributed by atoms with Crippen molar-refractivity contribution in [3.05, 3.63) is 18.2 Å². The molecule has 0 aliphatic carbocycles. The molecule has 168 valence electrons. The van der Waals surface area contributed by atoms with Gasteiger partial charge in [0.2, 0.25) is 24.5 Å². The molecule has 9 heteroatoms. The number of anilines is 1. The molecular formula is C22H30N4O5. The van der Waals surface area contributed by atoms with Crippen LogP contribution in [0, 0.1) is 5.92 Å². The summed E-state index contributed by atoms with van der Waals surface area (Å²) in [5, 5.41) is 2.93. The quantitative estimate of drug-likeness (QED) is 0.645. The fraction of sp³-hybridized carbons (Fsp3) is 0.591. The summed E-state index contributed by atoms with van der Waals surface area (Å²) in [5.41, 5.74) is 0.725. The minimum Gasteiger partial charge on any atom is -0.454 e. The largest absolute Gasteiger partial charge is 0.454 e. The monoisotopic (exact) mass is 430 g/mol. The van der Waals surface area contributed by atoms with E-state index in [0.29, 0.717) is 57.3 Å². The minimum atomic E-state index is -0.346. The van der Waals surface area contributed by atoms with Crippen LogP contribution in [-0.2, 0) is 14.4 Å². The van der Waals surface area contributed by atoms with Gasteiger partial charge in [-0.15, -0.1) is 0 Å². The van der Waals surface area contributed by atoms with E-state index in [2.05, 4.69) is 17.1 Å². The van der Waals surface area contributed by atoms with Crippen LogP contribution < -0.4 is 19.7 Å². The molecule has 3 aliphatic heterocycles. The molecule has 1 atom stereocenters. The maximum atomic E-state index is 13.0. The lowest BCUT2D eigenvalue weighted by Gasteiger charge is -2.35. The second-order valence-electron chi connectivity index (χ2n) is 8.25. The second-order valence-corrected chi connectivity index (χ2v) is 8.25. The highest BCUT2D eigenvalue weighted by molar-refractivity contribution is 6.00. The van der Waals surface area contributed by atoms with E-state index in [9.17, 15) is 14.4 Å². The van der Waals surface area contributed by atoms with Gasteiger partial charge in [-0.2, -0.15) is 0 Å². The van der Waals surface area contributed by atoms with Gasteiger partial charge in [0.05, 0.1) is 12.5 Å². The summed E-state index contributed by atoms with van der Waals surface area (Å²) in [6.45, 7) is 6.21. The van der Waals surface area contributed by atoms with Crippen LogP contribution >= 0.6 is 0 Å². The first-order chi connectivity index (χ1) is 15.0. The molecule has 3 aliphatic rings. The Morgan fingerprint density at radius 1 is 1.13 bits per heavy atom. The Labute approximate surface area is 182 Å². The lowest BCUT2D eigenvalue weighted by molar-refractivity contribution is -0.137. The number of unbranched alkanes of at least 4 members (excludes halogenated alkanes) is 1. The van der Waals surface area contributed by atoms with Crippen molar-refractivity contribution >= 4 is 23.4 Å². The van der Waals surface area contributed by atoms with Crippen LogP contribution in [0.5, 0.6) is 11.5 Å². The molecule has 1 aromatic carbocycles. The summed E-state index contributed by atoms with van der Waals surface area (Å²) in [7, 11) is 0. The maximum Gasteiger partial charge on any atom is 0.234 e. The van der Waals surface area contributed by atoms with Gasteiger partial charge in [0.15, 0.2) is 11.5 Å². The number of ether oxygens (including phenoxy) is 2. The molecule has 3 heterocycles. The Balaban J connectivity index is 1.27. The number of piperazine rings is 1. The van der Waals surface area contributed by atoms with Crippen molar-refractivity contribution in [3.63, 3.8) is 0 Å². The van der Waals surface area contributed by atoms with E-state index in [0.717, 1.165) is 18.5 Å². The Hall–Kier alpha value is -2.81. The third-order valence-electron chi connectivity index (χ3n) is 6.05. The van der Waals surface area contributed by atoms with E-state index in [-0.39, 0.29) is 36.9 Å². The predicted molar refractivity (Wildman–Crippen MR) is 114 cm³/mol. The molecule has 0 radical (unpaired) electrons. The van der Waals surface area contributed by atoms with Gasteiger partial charge in [-0.25, -0.2) is 0 Å². The third kappa shape index (κ3) is 4.92. The van der Waals surface area contributed by atoms with Crippen molar-refractivity contribution < 1.29 is 23.9 Å². The predicted octanol–water partition coefficient (Wildman–Crippen LogP) is 0.829. The van der Waals surface area contributed by atoms with E-state index in [1.807, 2.05) is 11.0 Å². The summed E-state index contributed by atoms with van der Waals surface area (Å²) >= 11 is 0. The summed E-state index contributed by atoms with van der Waals surface area (Å²) in [4.78, 5) is 43.2. The molecule has 0 aromatic heterocycles. The van der Waals surface area contributed by atoms with Crippen LogP contribution in [0.1, 0.15) is 26.2 Å². The zero-order valence-electron chi connectivity index (χ0n) is 18.0. The third-order valence-corrected chi connectivity index (χ3v) is 6.05. The topological polar surface area (TPSA) is 91.4 Å². The van der Waals surface area contributed by atoms with Crippen molar-refractivity contribution in [2.75, 3.05) is 57.5 Å². The minimum absolute atomic E-state index is 0.0173. The number of hydrogen-bond donors (Lipinski definition) is 1. The normalized spacial score (nSPS) is 20.9. The average molecular weight is 431 g/mol. The number of fused-ring (bicyclic) bond motifs is 1. The van der Waals surface area contributed by atoms with Crippen molar-refractivity contribution in [2.24, 2.45) is 5.92 Å². The molecule has 2 fully saturated rings. The molecule has 9 nitrogen and oxygen atoms in total. The summed E-state index contributed by atoms with van der Waals surface area (Å²) in [5.74, 6) is 0.939. The molecular weight excluding hydrogens is 400 g/mol. The zero-order valence-corrected chi connectivity index (χ0v) is 18.0. The first-order valence-corrected chi connectivity index (χ1v) is 11.0. The molecule has 1 unspecified atom stereocenters. The Bertz CT molecular complexity index is 837. The molecule has 1 N–H and O–H groups in total. The number of nitrogens with zero attached hydrogens (tertiary/aromatic N) is 3. The Morgan fingerprint density at radius 2 is 1.90 bits per heavy atom. The number of nitrogens with one attached hydrogen (secondary N) is 1. The van der Waals surface area contributed by atoms with Crippen LogP contribution in [0.3, 0.4) is 0 Å². The van der Waals surface area contributed by atoms with Crippen LogP contribution in [0.15, 0.2) is 18.2 Å². The van der Waals surface area contributed by atoms with Gasteiger partial charge < -0.3 is 24.6 Å². The molecule has 0 bridgehead atoms. The fourth-order valence-corrected chi connectivity index (χ4v) is 4.22. The van der Waals surface area contributed by atoms with Crippen LogP contribution in [-0.4, -0.2) is 80.1 Å². The SMILES string of the molecule is CCCCNC(=O)CN1CCN(C(=O)C2CC(=O)N(c3ccc4c(c3)OCO4)C2)CC1. The molecule has 0 spiro atoms. The number of carbonyl (C=O) groups is 3. The smallest absolute Gasteiger partial charge is 0.234 e. The van der Waals surface area contributed by atoms with E-state index in [1.54, 1.807) is 17.0 Å². The van der Waals surface area contributed by atoms with Gasteiger partial charge in [0, 0.05) is 57.4 Å². The molecule has 4 rings (SSSR count). The van der Waals surface area contributed by atoms with E-state index in [4.69, 9.17) is 9.47 Å². The lowest BCUT2D eigenvalue weighted by Crippen LogP contribution is -2.52. The van der Waals surface area contributed by atoms with Gasteiger partial charge in [0.1, 0.15) is 0 Å². The van der Waals surface area contributed by atoms with Crippen molar-refractivity contribution in [2.45, 2.75) is 26.2 Å². The highest BCUT2D eigenvalue weighted by Crippen LogP contribution is 2.37. The van der Waals surface area contributed by atoms with E-state index in [1.165, 1.54) is 0 Å². The molecule has 0 saturated carbocycles. The van der Waals surface area contributed by atoms with Crippen molar-refractivity contribution in [1.82, 2.24) is 15.1 Å². The summed E-state index contributed by atoms with van der Waals surface area (Å²) in [6, 6.07) is 5.40. The number of rotatable bonds is 7. The van der Waals surface area contributed by atoms with Crippen LogP contribution in [0.25, 0.3) is 0 Å². The highest BCUT2D eigenvalue weighted by Gasteiger charge is 2.38. The summed E-state index contributed by atoms with van der Waals surface area (Å²) in [6.07, 6.45) is 2.25. The number of benzene rings is 1. The van der Waals surface area contributed by atoms with Crippen LogP contribution in [0.2, 0.25) is 0 Å². The average Bonchev–Trinajstić information content (AvgIpc) is 3.40. The summed E-state index contributed by atoms with van der Waals surface area (Å²) < 4.78 is 10.7. The number of hydrogen-bond acceptors (Lipinski definition) is 6. The van der Waals surface area contributed by atoms with Gasteiger partial charge in [-0.1, -0.05) is 13.3 Å². The lowest BCUT2D eigenvalue weighted by atomic mass is 10.1. The van der Waals surface area contributed by atoms with E-state index >= 15 is 0 Å². The van der Waals surface area contributed by atoms with Gasteiger partial charge in [0.25, 0.3) is 0 Å². The van der Waals surface area contributed by atoms with Gasteiger partial charge in [-0.3, -0.25) is 19.3 Å². The first-order valence-electron chi connectivity index (χ1n) is 11.0. The number of amides is 3. The molecule has 31 heavy (non-hydrogen) atoms. The van der Waals surface area contributed by atoms with E-state index < -0.39 is 0 Å². The number of carbonyl (C=O) groups excluding carboxylic acids is 3. The Morgan fingerprint density at radius 3 is 2.68 bits per heavy atom. The maximum absolute atomic E-state index is 13.0. The molecule has 2 saturated heterocycles. The second kappa shape index (κ2) is 9.55.